The Morgan fingerprint density at radius 1 is 1.19 bits per heavy atom. The van der Waals surface area contributed by atoms with Gasteiger partial charge in [0.05, 0.1) is 0 Å². The van der Waals surface area contributed by atoms with Crippen molar-refractivity contribution in [3.05, 3.63) is 62.7 Å². The Hall–Kier alpha value is -1.80. The normalized spacial score (nSPS) is 11.6. The summed E-state index contributed by atoms with van der Waals surface area (Å²) in [6.07, 6.45) is 0.486. The van der Waals surface area contributed by atoms with Gasteiger partial charge in [-0.15, -0.1) is 0 Å². The van der Waals surface area contributed by atoms with E-state index in [1.165, 1.54) is 4.90 Å². The van der Waals surface area contributed by atoms with Crippen molar-refractivity contribution < 1.29 is 14.3 Å². The van der Waals surface area contributed by atoms with E-state index in [4.69, 9.17) is 16.3 Å². The van der Waals surface area contributed by atoms with Crippen LogP contribution in [-0.2, 0) is 16.1 Å². The van der Waals surface area contributed by atoms with Crippen LogP contribution in [0.15, 0.2) is 48.5 Å². The van der Waals surface area contributed by atoms with Crippen LogP contribution in [0.1, 0.15) is 18.9 Å². The number of ether oxygens (including phenoxy) is 1. The zero-order valence-electron chi connectivity index (χ0n) is 15.2. The molecule has 1 atom stereocenters. The van der Waals surface area contributed by atoms with E-state index < -0.39 is 6.04 Å². The number of amides is 2. The molecule has 27 heavy (non-hydrogen) atoms. The first-order valence-corrected chi connectivity index (χ1v) is 10.0. The number of nitrogens with zero attached hydrogens (tertiary/aromatic N) is 1. The van der Waals surface area contributed by atoms with Crippen molar-refractivity contribution in [3.63, 3.8) is 0 Å². The predicted molar refractivity (Wildman–Crippen MR) is 115 cm³/mol. The summed E-state index contributed by atoms with van der Waals surface area (Å²) in [6, 6.07) is 14.1. The Bertz CT molecular complexity index is 783. The van der Waals surface area contributed by atoms with Gasteiger partial charge < -0.3 is 15.0 Å². The smallest absolute Gasteiger partial charge is 0.261 e. The van der Waals surface area contributed by atoms with Gasteiger partial charge in [0.25, 0.3) is 5.91 Å². The van der Waals surface area contributed by atoms with E-state index >= 15 is 0 Å². The quantitative estimate of drug-likeness (QED) is 0.560. The lowest BCUT2D eigenvalue weighted by molar-refractivity contribution is -0.142. The molecule has 2 amide bonds. The fraction of sp³-hybridized carbons (Fsp3) is 0.300. The lowest BCUT2D eigenvalue weighted by atomic mass is 10.1. The summed E-state index contributed by atoms with van der Waals surface area (Å²) in [7, 11) is 1.56. The Labute approximate surface area is 178 Å². The van der Waals surface area contributed by atoms with E-state index in [9.17, 15) is 9.59 Å². The first-order valence-electron chi connectivity index (χ1n) is 8.59. The molecular weight excluding hydrogens is 479 g/mol. The second kappa shape index (κ2) is 10.5. The van der Waals surface area contributed by atoms with Gasteiger partial charge >= 0.3 is 0 Å². The highest BCUT2D eigenvalue weighted by Crippen LogP contribution is 2.20. The van der Waals surface area contributed by atoms with E-state index in [1.54, 1.807) is 13.1 Å². The summed E-state index contributed by atoms with van der Waals surface area (Å²) in [4.78, 5) is 26.7. The van der Waals surface area contributed by atoms with Gasteiger partial charge in [-0.05, 0) is 64.9 Å². The van der Waals surface area contributed by atoms with Crippen molar-refractivity contribution in [2.75, 3.05) is 13.7 Å². The van der Waals surface area contributed by atoms with Crippen LogP contribution in [0.2, 0.25) is 5.02 Å². The van der Waals surface area contributed by atoms with Crippen LogP contribution < -0.4 is 10.1 Å². The molecule has 0 aliphatic rings. The largest absolute Gasteiger partial charge is 0.484 e. The molecule has 0 bridgehead atoms. The number of hydrogen-bond donors (Lipinski definition) is 1. The molecule has 0 saturated heterocycles. The zero-order chi connectivity index (χ0) is 19.8. The molecule has 2 aromatic carbocycles. The lowest BCUT2D eigenvalue weighted by Gasteiger charge is -2.30. The molecule has 2 aromatic rings. The molecule has 144 valence electrons. The van der Waals surface area contributed by atoms with Gasteiger partial charge in [-0.3, -0.25) is 9.59 Å². The van der Waals surface area contributed by atoms with Crippen LogP contribution in [0.4, 0.5) is 0 Å². The molecule has 1 unspecified atom stereocenters. The highest BCUT2D eigenvalue weighted by molar-refractivity contribution is 14.1. The van der Waals surface area contributed by atoms with Crippen LogP contribution in [0.5, 0.6) is 5.75 Å². The second-order valence-corrected chi connectivity index (χ2v) is 7.55. The number of nitrogens with one attached hydrogen (secondary N) is 1. The monoisotopic (exact) mass is 500 g/mol. The molecule has 0 aromatic heterocycles. The standard InChI is InChI=1S/C20H22ClIN2O3/c1-3-18(20(26)23-2)24(12-14-6-4-5-7-17(14)21)19(25)13-27-16-10-8-15(22)9-11-16/h4-11,18H,3,12-13H2,1-2H3,(H,23,26). The average Bonchev–Trinajstić information content (AvgIpc) is 2.68. The van der Waals surface area contributed by atoms with Gasteiger partial charge in [-0.2, -0.15) is 0 Å². The third-order valence-corrected chi connectivity index (χ3v) is 5.19. The minimum Gasteiger partial charge on any atom is -0.484 e. The third-order valence-electron chi connectivity index (χ3n) is 4.11. The molecule has 0 radical (unpaired) electrons. The first-order chi connectivity index (χ1) is 13.0. The SMILES string of the molecule is CCC(C(=O)NC)N(Cc1ccccc1Cl)C(=O)COc1ccc(I)cc1. The maximum absolute atomic E-state index is 12.9. The minimum atomic E-state index is -0.598. The topological polar surface area (TPSA) is 58.6 Å². The summed E-state index contributed by atoms with van der Waals surface area (Å²) in [5.74, 6) is 0.116. The van der Waals surface area contributed by atoms with Gasteiger partial charge in [-0.1, -0.05) is 36.7 Å². The molecule has 0 fully saturated rings. The number of likely N-dealkylation sites (N-methyl/N-ethyl adjacent to an activating group) is 1. The van der Waals surface area contributed by atoms with Gasteiger partial charge in [0.15, 0.2) is 6.61 Å². The van der Waals surface area contributed by atoms with Crippen LogP contribution in [-0.4, -0.2) is 36.4 Å². The van der Waals surface area contributed by atoms with Crippen LogP contribution >= 0.6 is 34.2 Å². The van der Waals surface area contributed by atoms with Crippen molar-refractivity contribution in [3.8, 4) is 5.75 Å². The number of rotatable bonds is 8. The van der Waals surface area contributed by atoms with Crippen molar-refractivity contribution in [2.24, 2.45) is 0 Å². The molecule has 0 saturated carbocycles. The molecule has 5 nitrogen and oxygen atoms in total. The number of hydrogen-bond acceptors (Lipinski definition) is 3. The zero-order valence-corrected chi connectivity index (χ0v) is 18.2. The van der Waals surface area contributed by atoms with Crippen LogP contribution in [0.3, 0.4) is 0 Å². The number of carbonyl (C=O) groups is 2. The van der Waals surface area contributed by atoms with Gasteiger partial charge in [0.1, 0.15) is 11.8 Å². The first kappa shape index (κ1) is 21.5. The predicted octanol–water partition coefficient (Wildman–Crippen LogP) is 3.88. The molecule has 1 N–H and O–H groups in total. The third kappa shape index (κ3) is 6.10. The lowest BCUT2D eigenvalue weighted by Crippen LogP contribution is -2.49. The van der Waals surface area contributed by atoms with Crippen molar-refractivity contribution in [1.29, 1.82) is 0 Å². The summed E-state index contributed by atoms with van der Waals surface area (Å²) >= 11 is 8.45. The van der Waals surface area contributed by atoms with E-state index in [-0.39, 0.29) is 25.0 Å². The Balaban J connectivity index is 2.19. The molecular formula is C20H22ClIN2O3. The molecule has 0 heterocycles. The van der Waals surface area contributed by atoms with E-state index in [0.29, 0.717) is 17.2 Å². The summed E-state index contributed by atoms with van der Waals surface area (Å²) < 4.78 is 6.70. The molecule has 7 heteroatoms. The van der Waals surface area contributed by atoms with Gasteiger partial charge in [0.2, 0.25) is 5.91 Å². The van der Waals surface area contributed by atoms with Crippen molar-refractivity contribution >= 4 is 46.0 Å². The molecule has 0 spiro atoms. The van der Waals surface area contributed by atoms with E-state index in [0.717, 1.165) is 9.13 Å². The number of carbonyl (C=O) groups excluding carboxylic acids is 2. The maximum Gasteiger partial charge on any atom is 0.261 e. The molecule has 0 aliphatic carbocycles. The van der Waals surface area contributed by atoms with Crippen molar-refractivity contribution in [1.82, 2.24) is 10.2 Å². The van der Waals surface area contributed by atoms with E-state index in [1.807, 2.05) is 49.4 Å². The molecule has 2 rings (SSSR count). The van der Waals surface area contributed by atoms with Crippen molar-refractivity contribution in [2.45, 2.75) is 25.9 Å². The molecule has 0 aliphatic heterocycles. The van der Waals surface area contributed by atoms with Gasteiger partial charge in [-0.25, -0.2) is 0 Å². The minimum absolute atomic E-state index is 0.154. The fourth-order valence-corrected chi connectivity index (χ4v) is 3.21. The fourth-order valence-electron chi connectivity index (χ4n) is 2.66. The second-order valence-electron chi connectivity index (χ2n) is 5.89. The maximum atomic E-state index is 12.9. The van der Waals surface area contributed by atoms with Crippen LogP contribution in [0, 0.1) is 3.57 Å². The number of halogens is 2. The van der Waals surface area contributed by atoms with Crippen LogP contribution in [0.25, 0.3) is 0 Å². The Morgan fingerprint density at radius 3 is 2.44 bits per heavy atom. The summed E-state index contributed by atoms with van der Waals surface area (Å²) in [6.45, 7) is 1.95. The highest BCUT2D eigenvalue weighted by atomic mass is 127. The van der Waals surface area contributed by atoms with E-state index in [2.05, 4.69) is 27.9 Å². The average molecular weight is 501 g/mol. The summed E-state index contributed by atoms with van der Waals surface area (Å²) in [5, 5.41) is 3.18. The summed E-state index contributed by atoms with van der Waals surface area (Å²) in [5.41, 5.74) is 0.782. The highest BCUT2D eigenvalue weighted by Gasteiger charge is 2.28. The Morgan fingerprint density at radius 2 is 1.85 bits per heavy atom. The van der Waals surface area contributed by atoms with Gasteiger partial charge in [0, 0.05) is 22.2 Å². The Kier molecular flexibility index (Phi) is 8.37. The number of benzene rings is 2.